The van der Waals surface area contributed by atoms with Crippen LogP contribution in [0.3, 0.4) is 0 Å². The number of piperidine rings is 1. The topological polar surface area (TPSA) is 83.9 Å². The summed E-state index contributed by atoms with van der Waals surface area (Å²) < 4.78 is 11.3. The van der Waals surface area contributed by atoms with Crippen LogP contribution in [0, 0.1) is 0 Å². The van der Waals surface area contributed by atoms with E-state index in [1.807, 2.05) is 0 Å². The van der Waals surface area contributed by atoms with E-state index in [0.717, 1.165) is 31.0 Å². The number of hydrogen-bond donors (Lipinski definition) is 2. The molecule has 3 rings (SSSR count). The number of aromatic nitrogens is 1. The van der Waals surface area contributed by atoms with Crippen LogP contribution in [-0.4, -0.2) is 54.3 Å². The van der Waals surface area contributed by atoms with E-state index in [2.05, 4.69) is 9.88 Å². The van der Waals surface area contributed by atoms with Crippen LogP contribution in [0.4, 0.5) is 0 Å². The molecule has 0 aliphatic carbocycles. The molecule has 1 aliphatic rings. The summed E-state index contributed by atoms with van der Waals surface area (Å²) in [5.74, 6) is 0.364. The zero-order chi connectivity index (χ0) is 19.2. The van der Waals surface area contributed by atoms with Crippen LogP contribution in [0.5, 0.6) is 11.5 Å². The second kappa shape index (κ2) is 10.8. The highest BCUT2D eigenvalue weighted by atomic mass is 35.5. The molecule has 2 heterocycles. The molecule has 2 N–H and O–H groups in total. The number of hydrogen-bond acceptors (Lipinski definition) is 7. The number of methoxy groups -OCH3 is 1. The van der Waals surface area contributed by atoms with E-state index in [4.69, 9.17) is 26.3 Å². The Hall–Kier alpha value is -1.58. The highest BCUT2D eigenvalue weighted by Crippen LogP contribution is 2.39. The van der Waals surface area contributed by atoms with Gasteiger partial charge in [-0.25, -0.2) is 10.5 Å². The summed E-state index contributed by atoms with van der Waals surface area (Å²) in [4.78, 5) is 18.1. The molecule has 154 valence electrons. The third-order valence-electron chi connectivity index (χ3n) is 4.43. The van der Waals surface area contributed by atoms with Crippen molar-refractivity contribution in [3.05, 3.63) is 27.5 Å². The second-order valence-electron chi connectivity index (χ2n) is 6.22. The first-order valence-corrected chi connectivity index (χ1v) is 10.0. The van der Waals surface area contributed by atoms with Crippen molar-refractivity contribution in [2.45, 2.75) is 19.3 Å². The van der Waals surface area contributed by atoms with E-state index in [1.165, 1.54) is 19.3 Å². The molecule has 1 aromatic heterocycles. The van der Waals surface area contributed by atoms with Crippen molar-refractivity contribution in [3.8, 4) is 22.8 Å². The molecule has 28 heavy (non-hydrogen) atoms. The number of halogens is 2. The molecule has 0 bridgehead atoms. The average molecular weight is 448 g/mol. The molecular formula is C18H23Cl2N3O4S. The summed E-state index contributed by atoms with van der Waals surface area (Å²) in [5, 5.41) is 11.0. The fourth-order valence-corrected chi connectivity index (χ4v) is 4.01. The van der Waals surface area contributed by atoms with Gasteiger partial charge in [0.05, 0.1) is 17.8 Å². The maximum atomic E-state index is 11.5. The van der Waals surface area contributed by atoms with Crippen LogP contribution in [0.25, 0.3) is 11.3 Å². The number of benzene rings is 1. The normalized spacial score (nSPS) is 14.2. The van der Waals surface area contributed by atoms with Crippen LogP contribution in [0.1, 0.15) is 29.1 Å². The standard InChI is InChI=1S/C18H22ClN3O4S.ClH/c1-25-15-10-12(14-11-27-18(20-14)17(23)21-24)9-13(19)16(15)26-8-7-22-5-3-2-4-6-22;/h9-11,24H,2-8H2,1H3,(H,21,23);1H. The van der Waals surface area contributed by atoms with Crippen molar-refractivity contribution in [1.29, 1.82) is 0 Å². The van der Waals surface area contributed by atoms with Crippen LogP contribution in [-0.2, 0) is 0 Å². The fourth-order valence-electron chi connectivity index (χ4n) is 3.03. The summed E-state index contributed by atoms with van der Waals surface area (Å²) in [5.41, 5.74) is 2.84. The summed E-state index contributed by atoms with van der Waals surface area (Å²) in [6, 6.07) is 3.51. The van der Waals surface area contributed by atoms with Gasteiger partial charge in [-0.05, 0) is 38.1 Å². The van der Waals surface area contributed by atoms with Gasteiger partial charge in [0, 0.05) is 17.5 Å². The lowest BCUT2D eigenvalue weighted by molar-refractivity contribution is 0.0706. The molecule has 0 saturated carbocycles. The Morgan fingerprint density at radius 1 is 1.36 bits per heavy atom. The third-order valence-corrected chi connectivity index (χ3v) is 5.55. The number of rotatable bonds is 7. The smallest absolute Gasteiger partial charge is 0.303 e. The summed E-state index contributed by atoms with van der Waals surface area (Å²) >= 11 is 7.55. The Balaban J connectivity index is 0.00000280. The van der Waals surface area contributed by atoms with Crippen LogP contribution in [0.15, 0.2) is 17.5 Å². The number of carbonyl (C=O) groups excluding carboxylic acids is 1. The zero-order valence-corrected chi connectivity index (χ0v) is 17.8. The van der Waals surface area contributed by atoms with Gasteiger partial charge in [0.15, 0.2) is 16.5 Å². The van der Waals surface area contributed by atoms with Crippen molar-refractivity contribution in [1.82, 2.24) is 15.4 Å². The van der Waals surface area contributed by atoms with E-state index in [1.54, 1.807) is 30.1 Å². The van der Waals surface area contributed by atoms with Crippen LogP contribution in [0.2, 0.25) is 5.02 Å². The van der Waals surface area contributed by atoms with Crippen molar-refractivity contribution in [2.75, 3.05) is 33.4 Å². The summed E-state index contributed by atoms with van der Waals surface area (Å²) in [6.07, 6.45) is 3.78. The van der Waals surface area contributed by atoms with E-state index in [9.17, 15) is 4.79 Å². The van der Waals surface area contributed by atoms with E-state index < -0.39 is 5.91 Å². The Morgan fingerprint density at radius 2 is 2.11 bits per heavy atom. The zero-order valence-electron chi connectivity index (χ0n) is 15.4. The average Bonchev–Trinajstić information content (AvgIpc) is 3.19. The van der Waals surface area contributed by atoms with Gasteiger partial charge in [0.1, 0.15) is 6.61 Å². The number of likely N-dealkylation sites (tertiary alicyclic amines) is 1. The van der Waals surface area contributed by atoms with Crippen molar-refractivity contribution in [2.24, 2.45) is 0 Å². The number of amides is 1. The maximum absolute atomic E-state index is 11.5. The van der Waals surface area contributed by atoms with E-state index >= 15 is 0 Å². The maximum Gasteiger partial charge on any atom is 0.303 e. The second-order valence-corrected chi connectivity index (χ2v) is 7.48. The molecule has 0 unspecified atom stereocenters. The highest BCUT2D eigenvalue weighted by Gasteiger charge is 2.17. The lowest BCUT2D eigenvalue weighted by atomic mass is 10.1. The molecule has 1 fully saturated rings. The van der Waals surface area contributed by atoms with Crippen LogP contribution < -0.4 is 15.0 Å². The first-order chi connectivity index (χ1) is 13.1. The van der Waals surface area contributed by atoms with Crippen LogP contribution >= 0.6 is 35.3 Å². The number of carbonyl (C=O) groups is 1. The molecule has 0 atom stereocenters. The minimum Gasteiger partial charge on any atom is -0.493 e. The SMILES string of the molecule is COc1cc(-c2csc(C(=O)NO)n2)cc(Cl)c1OCCN1CCCCC1.Cl. The molecule has 1 aliphatic heterocycles. The van der Waals surface area contributed by atoms with E-state index in [-0.39, 0.29) is 17.4 Å². The monoisotopic (exact) mass is 447 g/mol. The largest absolute Gasteiger partial charge is 0.493 e. The van der Waals surface area contributed by atoms with Gasteiger partial charge in [-0.1, -0.05) is 18.0 Å². The molecule has 10 heteroatoms. The molecule has 1 aromatic carbocycles. The molecule has 7 nitrogen and oxygen atoms in total. The first-order valence-electron chi connectivity index (χ1n) is 8.75. The minimum absolute atomic E-state index is 0. The lowest BCUT2D eigenvalue weighted by Gasteiger charge is -2.26. The summed E-state index contributed by atoms with van der Waals surface area (Å²) in [6.45, 7) is 3.61. The molecule has 1 amide bonds. The van der Waals surface area contributed by atoms with Crippen molar-refractivity contribution in [3.63, 3.8) is 0 Å². The quantitative estimate of drug-likeness (QED) is 0.494. The van der Waals surface area contributed by atoms with Gasteiger partial charge >= 0.3 is 5.91 Å². The molecule has 2 aromatic rings. The van der Waals surface area contributed by atoms with E-state index in [0.29, 0.717) is 34.4 Å². The number of hydroxylamine groups is 1. The van der Waals surface area contributed by atoms with Crippen molar-refractivity contribution >= 4 is 41.3 Å². The Kier molecular flexibility index (Phi) is 8.78. The molecule has 0 spiro atoms. The number of nitrogens with zero attached hydrogens (tertiary/aromatic N) is 2. The van der Waals surface area contributed by atoms with Gasteiger partial charge in [-0.3, -0.25) is 14.9 Å². The molecular weight excluding hydrogens is 425 g/mol. The first kappa shape index (κ1) is 22.7. The Bertz CT molecular complexity index is 797. The molecule has 1 saturated heterocycles. The molecule has 0 radical (unpaired) electrons. The predicted molar refractivity (Wildman–Crippen MR) is 111 cm³/mol. The van der Waals surface area contributed by atoms with Crippen molar-refractivity contribution < 1.29 is 19.5 Å². The third kappa shape index (κ3) is 5.48. The highest BCUT2D eigenvalue weighted by molar-refractivity contribution is 7.12. The number of ether oxygens (including phenoxy) is 2. The summed E-state index contributed by atoms with van der Waals surface area (Å²) in [7, 11) is 1.55. The Morgan fingerprint density at radius 3 is 2.79 bits per heavy atom. The van der Waals surface area contributed by atoms with Gasteiger partial charge in [-0.15, -0.1) is 23.7 Å². The van der Waals surface area contributed by atoms with Gasteiger partial charge in [0.2, 0.25) is 0 Å². The number of thiazole rings is 1. The number of nitrogens with one attached hydrogen (secondary N) is 1. The minimum atomic E-state index is -0.651. The fraction of sp³-hybridized carbons (Fsp3) is 0.444. The lowest BCUT2D eigenvalue weighted by Crippen LogP contribution is -2.33. The predicted octanol–water partition coefficient (Wildman–Crippen LogP) is 3.88. The van der Waals surface area contributed by atoms with Gasteiger partial charge in [-0.2, -0.15) is 0 Å². The van der Waals surface area contributed by atoms with Gasteiger partial charge in [0.25, 0.3) is 0 Å². The van der Waals surface area contributed by atoms with Gasteiger partial charge < -0.3 is 9.47 Å². The Labute approximate surface area is 179 Å².